The van der Waals surface area contributed by atoms with Gasteiger partial charge in [0.15, 0.2) is 5.82 Å². The number of anilines is 1. The van der Waals surface area contributed by atoms with Crippen molar-refractivity contribution in [2.24, 2.45) is 0 Å². The lowest BCUT2D eigenvalue weighted by Crippen LogP contribution is -2.28. The van der Waals surface area contributed by atoms with Crippen molar-refractivity contribution in [3.8, 4) is 0 Å². The molecular formula is C16H22N4O3. The molecule has 0 spiro atoms. The number of rotatable bonds is 6. The summed E-state index contributed by atoms with van der Waals surface area (Å²) in [7, 11) is 0. The molecule has 23 heavy (non-hydrogen) atoms. The molecule has 0 saturated heterocycles. The van der Waals surface area contributed by atoms with Crippen LogP contribution in [-0.2, 0) is 17.9 Å². The van der Waals surface area contributed by atoms with Crippen LogP contribution in [0.1, 0.15) is 36.7 Å². The maximum absolute atomic E-state index is 12.0. The molecule has 0 aliphatic heterocycles. The van der Waals surface area contributed by atoms with E-state index in [0.717, 1.165) is 16.8 Å². The standard InChI is InChI=1S/C16H22N4O3/c1-10(2)22-9-13-6-5-7-14(11(13)3)19-16(21)17-8-15-18-12(4)20-23-15/h5-7,10H,8-9H2,1-4H3,(H2,17,19,21). The van der Waals surface area contributed by atoms with Gasteiger partial charge in [-0.15, -0.1) is 0 Å². The Kier molecular flexibility index (Phi) is 5.70. The largest absolute Gasteiger partial charge is 0.374 e. The lowest BCUT2D eigenvalue weighted by atomic mass is 10.1. The molecule has 0 aliphatic carbocycles. The average molecular weight is 318 g/mol. The first-order chi connectivity index (χ1) is 11.0. The second-order valence-corrected chi connectivity index (χ2v) is 5.49. The fraction of sp³-hybridized carbons (Fsp3) is 0.438. The molecule has 0 aliphatic rings. The Bertz CT molecular complexity index is 667. The maximum Gasteiger partial charge on any atom is 0.319 e. The van der Waals surface area contributed by atoms with Gasteiger partial charge in [0.2, 0.25) is 5.89 Å². The number of hydrogen-bond acceptors (Lipinski definition) is 5. The SMILES string of the molecule is Cc1noc(CNC(=O)Nc2cccc(COC(C)C)c2C)n1. The van der Waals surface area contributed by atoms with Gasteiger partial charge >= 0.3 is 6.03 Å². The van der Waals surface area contributed by atoms with E-state index < -0.39 is 0 Å². The summed E-state index contributed by atoms with van der Waals surface area (Å²) in [5, 5.41) is 9.17. The highest BCUT2D eigenvalue weighted by Crippen LogP contribution is 2.20. The minimum atomic E-state index is -0.328. The van der Waals surface area contributed by atoms with Crippen molar-refractivity contribution < 1.29 is 14.1 Å². The summed E-state index contributed by atoms with van der Waals surface area (Å²) in [5.74, 6) is 0.907. The number of aryl methyl sites for hydroxylation is 1. The number of hydrogen-bond donors (Lipinski definition) is 2. The minimum absolute atomic E-state index is 0.159. The molecule has 1 heterocycles. The summed E-state index contributed by atoms with van der Waals surface area (Å²) in [5.41, 5.74) is 2.77. The van der Waals surface area contributed by atoms with Crippen molar-refractivity contribution in [1.29, 1.82) is 0 Å². The van der Waals surface area contributed by atoms with Gasteiger partial charge in [-0.1, -0.05) is 17.3 Å². The summed E-state index contributed by atoms with van der Waals surface area (Å²) in [6, 6.07) is 5.40. The van der Waals surface area contributed by atoms with E-state index in [0.29, 0.717) is 18.3 Å². The lowest BCUT2D eigenvalue weighted by Gasteiger charge is -2.14. The van der Waals surface area contributed by atoms with Gasteiger partial charge in [-0.2, -0.15) is 4.98 Å². The van der Waals surface area contributed by atoms with E-state index in [1.54, 1.807) is 6.92 Å². The summed E-state index contributed by atoms with van der Waals surface area (Å²) < 4.78 is 10.6. The Labute approximate surface area is 135 Å². The normalized spacial score (nSPS) is 10.8. The number of urea groups is 1. The van der Waals surface area contributed by atoms with E-state index in [2.05, 4.69) is 20.8 Å². The van der Waals surface area contributed by atoms with Crippen LogP contribution in [0.4, 0.5) is 10.5 Å². The molecule has 0 unspecified atom stereocenters. The third-order valence-electron chi connectivity index (χ3n) is 3.24. The van der Waals surface area contributed by atoms with Gasteiger partial charge in [-0.25, -0.2) is 4.79 Å². The van der Waals surface area contributed by atoms with Crippen molar-refractivity contribution >= 4 is 11.7 Å². The van der Waals surface area contributed by atoms with Gasteiger partial charge in [-0.05, 0) is 44.9 Å². The highest BCUT2D eigenvalue weighted by molar-refractivity contribution is 5.90. The zero-order chi connectivity index (χ0) is 16.8. The topological polar surface area (TPSA) is 89.3 Å². The molecule has 124 valence electrons. The van der Waals surface area contributed by atoms with Crippen molar-refractivity contribution in [3.63, 3.8) is 0 Å². The predicted molar refractivity (Wildman–Crippen MR) is 86.0 cm³/mol. The molecule has 1 aromatic heterocycles. The van der Waals surface area contributed by atoms with Crippen molar-refractivity contribution in [2.75, 3.05) is 5.32 Å². The Balaban J connectivity index is 1.93. The average Bonchev–Trinajstić information content (AvgIpc) is 2.91. The zero-order valence-corrected chi connectivity index (χ0v) is 13.8. The monoisotopic (exact) mass is 318 g/mol. The Morgan fingerprint density at radius 1 is 1.35 bits per heavy atom. The zero-order valence-electron chi connectivity index (χ0n) is 13.8. The molecule has 0 atom stereocenters. The maximum atomic E-state index is 12.0. The number of aromatic nitrogens is 2. The molecule has 0 saturated carbocycles. The molecule has 2 rings (SSSR count). The van der Waals surface area contributed by atoms with Crippen LogP contribution in [0.5, 0.6) is 0 Å². The summed E-state index contributed by atoms with van der Waals surface area (Å²) >= 11 is 0. The minimum Gasteiger partial charge on any atom is -0.374 e. The van der Waals surface area contributed by atoms with Gasteiger partial charge in [0.25, 0.3) is 0 Å². The number of nitrogens with zero attached hydrogens (tertiary/aromatic N) is 2. The first-order valence-corrected chi connectivity index (χ1v) is 7.50. The molecule has 1 aromatic carbocycles. The van der Waals surface area contributed by atoms with Gasteiger partial charge in [-0.3, -0.25) is 0 Å². The second kappa shape index (κ2) is 7.73. The molecular weight excluding hydrogens is 296 g/mol. The van der Waals surface area contributed by atoms with E-state index >= 15 is 0 Å². The van der Waals surface area contributed by atoms with E-state index in [1.807, 2.05) is 39.0 Å². The molecule has 0 bridgehead atoms. The predicted octanol–water partition coefficient (Wildman–Crippen LogP) is 2.93. The van der Waals surface area contributed by atoms with Crippen LogP contribution in [0, 0.1) is 13.8 Å². The molecule has 2 aromatic rings. The van der Waals surface area contributed by atoms with Crippen LogP contribution in [0.15, 0.2) is 22.7 Å². The first kappa shape index (κ1) is 17.0. The number of carbonyl (C=O) groups excluding carboxylic acids is 1. The van der Waals surface area contributed by atoms with Crippen LogP contribution in [0.25, 0.3) is 0 Å². The summed E-state index contributed by atoms with van der Waals surface area (Å²) in [6.45, 7) is 8.36. The number of nitrogens with one attached hydrogen (secondary N) is 2. The van der Waals surface area contributed by atoms with E-state index in [9.17, 15) is 4.79 Å². The van der Waals surface area contributed by atoms with Gasteiger partial charge in [0.1, 0.15) is 0 Å². The molecule has 7 heteroatoms. The van der Waals surface area contributed by atoms with E-state index in [1.165, 1.54) is 0 Å². The second-order valence-electron chi connectivity index (χ2n) is 5.49. The smallest absolute Gasteiger partial charge is 0.319 e. The van der Waals surface area contributed by atoms with Crippen LogP contribution >= 0.6 is 0 Å². The lowest BCUT2D eigenvalue weighted by molar-refractivity contribution is 0.0654. The molecule has 2 amide bonds. The summed E-state index contributed by atoms with van der Waals surface area (Å²) in [4.78, 5) is 16.0. The quantitative estimate of drug-likeness (QED) is 0.854. The Morgan fingerprint density at radius 2 is 2.13 bits per heavy atom. The van der Waals surface area contributed by atoms with Crippen LogP contribution in [0.2, 0.25) is 0 Å². The number of carbonyl (C=O) groups is 1. The highest BCUT2D eigenvalue weighted by atomic mass is 16.5. The van der Waals surface area contributed by atoms with Crippen molar-refractivity contribution in [3.05, 3.63) is 41.0 Å². The molecule has 7 nitrogen and oxygen atoms in total. The van der Waals surface area contributed by atoms with Crippen LogP contribution < -0.4 is 10.6 Å². The molecule has 0 radical (unpaired) electrons. The summed E-state index contributed by atoms with van der Waals surface area (Å²) in [6.07, 6.45) is 0.159. The number of amides is 2. The van der Waals surface area contributed by atoms with Crippen LogP contribution in [0.3, 0.4) is 0 Å². The third-order valence-corrected chi connectivity index (χ3v) is 3.24. The van der Waals surface area contributed by atoms with Gasteiger partial charge < -0.3 is 19.9 Å². The Morgan fingerprint density at radius 3 is 2.78 bits per heavy atom. The third kappa shape index (κ3) is 5.07. The van der Waals surface area contributed by atoms with Gasteiger partial charge in [0.05, 0.1) is 19.3 Å². The first-order valence-electron chi connectivity index (χ1n) is 7.50. The fourth-order valence-electron chi connectivity index (χ4n) is 1.97. The van der Waals surface area contributed by atoms with Gasteiger partial charge in [0, 0.05) is 5.69 Å². The Hall–Kier alpha value is -2.41. The van der Waals surface area contributed by atoms with E-state index in [-0.39, 0.29) is 18.7 Å². The number of benzene rings is 1. The molecule has 2 N–H and O–H groups in total. The number of ether oxygens (including phenoxy) is 1. The van der Waals surface area contributed by atoms with E-state index in [4.69, 9.17) is 9.26 Å². The highest BCUT2D eigenvalue weighted by Gasteiger charge is 2.09. The molecule has 0 fully saturated rings. The fourth-order valence-corrected chi connectivity index (χ4v) is 1.97. The van der Waals surface area contributed by atoms with Crippen LogP contribution in [-0.4, -0.2) is 22.3 Å². The van der Waals surface area contributed by atoms with Crippen molar-refractivity contribution in [1.82, 2.24) is 15.5 Å². The van der Waals surface area contributed by atoms with Crippen molar-refractivity contribution in [2.45, 2.75) is 47.0 Å².